The fourth-order valence-electron chi connectivity index (χ4n) is 3.08. The van der Waals surface area contributed by atoms with E-state index in [2.05, 4.69) is 0 Å². The van der Waals surface area contributed by atoms with Crippen molar-refractivity contribution in [3.05, 3.63) is 129 Å². The molecule has 0 saturated carbocycles. The molecule has 8 nitrogen and oxygen atoms in total. The first-order chi connectivity index (χ1) is 16.5. The molecule has 4 rings (SSSR count). The lowest BCUT2D eigenvalue weighted by molar-refractivity contribution is -0.385. The molecule has 10 heteroatoms. The van der Waals surface area contributed by atoms with Gasteiger partial charge in [0.05, 0.1) is 54.6 Å². The number of rotatable bonds is 9. The van der Waals surface area contributed by atoms with Gasteiger partial charge in [-0.3, -0.25) is 28.8 Å². The van der Waals surface area contributed by atoms with Crippen LogP contribution in [-0.4, -0.2) is 9.85 Å². The molecule has 0 aliphatic rings. The molecule has 0 heterocycles. The van der Waals surface area contributed by atoms with Crippen LogP contribution in [0.2, 0.25) is 0 Å². The summed E-state index contributed by atoms with van der Waals surface area (Å²) in [6, 6.07) is 32.0. The Labute approximate surface area is 203 Å². The van der Waals surface area contributed by atoms with Gasteiger partial charge in [0.15, 0.2) is 0 Å². The van der Waals surface area contributed by atoms with E-state index >= 15 is 0 Å². The lowest BCUT2D eigenvalue weighted by Crippen LogP contribution is -2.10. The number of para-hydroxylation sites is 2. The molecule has 4 aromatic carbocycles. The molecule has 0 aliphatic carbocycles. The molecule has 0 spiro atoms. The zero-order chi connectivity index (χ0) is 23.9. The van der Waals surface area contributed by atoms with Crippen LogP contribution in [-0.2, 0) is 0 Å². The fraction of sp³-hybridized carbons (Fsp3) is 0. The Kier molecular flexibility index (Phi) is 7.31. The van der Waals surface area contributed by atoms with E-state index in [4.69, 9.17) is 0 Å². The Morgan fingerprint density at radius 3 is 1.06 bits per heavy atom. The van der Waals surface area contributed by atoms with Crippen molar-refractivity contribution in [1.82, 2.24) is 0 Å². The van der Waals surface area contributed by atoms with Crippen LogP contribution in [0.1, 0.15) is 0 Å². The maximum atomic E-state index is 11.1. The van der Waals surface area contributed by atoms with Gasteiger partial charge in [0, 0.05) is 24.3 Å². The van der Waals surface area contributed by atoms with Gasteiger partial charge in [0.2, 0.25) is 0 Å². The molecule has 34 heavy (non-hydrogen) atoms. The molecule has 0 bridgehead atoms. The normalized spacial score (nSPS) is 10.5. The van der Waals surface area contributed by atoms with Crippen molar-refractivity contribution in [1.29, 1.82) is 0 Å². The minimum absolute atomic E-state index is 0.0196. The first-order valence-electron chi connectivity index (χ1n) is 10.1. The van der Waals surface area contributed by atoms with Crippen LogP contribution < -0.4 is 8.61 Å². The molecule has 4 aromatic rings. The van der Waals surface area contributed by atoms with Gasteiger partial charge < -0.3 is 0 Å². The van der Waals surface area contributed by atoms with Gasteiger partial charge in [-0.25, -0.2) is 0 Å². The number of non-ortho nitro benzene ring substituents is 2. The van der Waals surface area contributed by atoms with Crippen molar-refractivity contribution >= 4 is 56.1 Å². The molecule has 0 saturated heterocycles. The largest absolute Gasteiger partial charge is 0.274 e. The van der Waals surface area contributed by atoms with Crippen LogP contribution in [0.3, 0.4) is 0 Å². The van der Waals surface area contributed by atoms with Crippen LogP contribution in [0.25, 0.3) is 0 Å². The van der Waals surface area contributed by atoms with Gasteiger partial charge >= 0.3 is 0 Å². The molecule has 0 aromatic heterocycles. The maximum Gasteiger partial charge on any atom is 0.269 e. The van der Waals surface area contributed by atoms with E-state index in [1.54, 1.807) is 24.3 Å². The summed E-state index contributed by atoms with van der Waals surface area (Å²) in [7, 11) is 2.84. The molecule has 0 unspecified atom stereocenters. The highest BCUT2D eigenvalue weighted by atomic mass is 33.1. The van der Waals surface area contributed by atoms with Crippen molar-refractivity contribution in [2.24, 2.45) is 0 Å². The quantitative estimate of drug-likeness (QED) is 0.102. The second-order valence-electron chi connectivity index (χ2n) is 6.96. The molecular weight excluding hydrogens is 472 g/mol. The van der Waals surface area contributed by atoms with Crippen molar-refractivity contribution < 1.29 is 9.85 Å². The van der Waals surface area contributed by atoms with Crippen LogP contribution in [0.15, 0.2) is 109 Å². The summed E-state index contributed by atoms with van der Waals surface area (Å²) in [6.45, 7) is 0. The summed E-state index contributed by atoms with van der Waals surface area (Å²) < 4.78 is 3.94. The fourth-order valence-corrected chi connectivity index (χ4v) is 5.48. The zero-order valence-electron chi connectivity index (χ0n) is 17.6. The van der Waals surface area contributed by atoms with E-state index in [0.717, 1.165) is 22.7 Å². The van der Waals surface area contributed by atoms with Crippen LogP contribution in [0.4, 0.5) is 34.1 Å². The number of nitro groups is 2. The predicted octanol–water partition coefficient (Wildman–Crippen LogP) is 7.69. The highest BCUT2D eigenvalue weighted by molar-refractivity contribution is 8.77. The van der Waals surface area contributed by atoms with Gasteiger partial charge in [0.25, 0.3) is 11.4 Å². The van der Waals surface area contributed by atoms with E-state index in [-0.39, 0.29) is 11.4 Å². The van der Waals surface area contributed by atoms with Crippen LogP contribution in [0.5, 0.6) is 0 Å². The number of nitro benzene ring substituents is 2. The number of hydrogen-bond acceptors (Lipinski definition) is 8. The molecule has 0 amide bonds. The smallest absolute Gasteiger partial charge is 0.269 e. The van der Waals surface area contributed by atoms with Crippen molar-refractivity contribution in [2.45, 2.75) is 0 Å². The Morgan fingerprint density at radius 1 is 0.471 bits per heavy atom. The first kappa shape index (κ1) is 23.1. The van der Waals surface area contributed by atoms with Gasteiger partial charge in [-0.1, -0.05) is 36.4 Å². The van der Waals surface area contributed by atoms with Gasteiger partial charge in [-0.05, 0) is 48.5 Å². The summed E-state index contributed by atoms with van der Waals surface area (Å²) in [5.41, 5.74) is 3.37. The second kappa shape index (κ2) is 10.7. The SMILES string of the molecule is O=[N+]([O-])c1ccc(N(SSN(c2ccccc2)c2ccc([N+](=O)[O-])cc2)c2ccccc2)cc1. The summed E-state index contributed by atoms with van der Waals surface area (Å²) in [6.07, 6.45) is 0. The lowest BCUT2D eigenvalue weighted by Gasteiger charge is -2.28. The summed E-state index contributed by atoms with van der Waals surface area (Å²) >= 11 is 0. The third-order valence-corrected chi connectivity index (χ3v) is 7.06. The van der Waals surface area contributed by atoms with Crippen LogP contribution >= 0.6 is 22.0 Å². The molecule has 0 fully saturated rings. The Hall–Kier alpha value is -4.02. The van der Waals surface area contributed by atoms with E-state index in [0.29, 0.717) is 0 Å². The molecule has 0 N–H and O–H groups in total. The molecule has 0 atom stereocenters. The lowest BCUT2D eigenvalue weighted by atomic mass is 10.2. The summed E-state index contributed by atoms with van der Waals surface area (Å²) in [5, 5.41) is 22.2. The average molecular weight is 491 g/mol. The van der Waals surface area contributed by atoms with E-state index in [1.807, 2.05) is 69.3 Å². The standard InChI is InChI=1S/C24H18N4O4S2/c29-27(30)23-15-11-21(12-16-23)25(19-7-3-1-4-8-19)33-34-26(20-9-5-2-6-10-20)22-13-17-24(18-14-22)28(31)32/h1-18H. The Balaban J connectivity index is 1.66. The second-order valence-corrected chi connectivity index (χ2v) is 8.88. The molecule has 0 radical (unpaired) electrons. The van der Waals surface area contributed by atoms with E-state index in [9.17, 15) is 20.2 Å². The minimum atomic E-state index is -0.426. The number of nitrogens with zero attached hydrogens (tertiary/aromatic N) is 4. The number of anilines is 4. The van der Waals surface area contributed by atoms with E-state index < -0.39 is 9.85 Å². The molecule has 0 aliphatic heterocycles. The third-order valence-electron chi connectivity index (χ3n) is 4.75. The molecule has 170 valence electrons. The van der Waals surface area contributed by atoms with E-state index in [1.165, 1.54) is 46.2 Å². The zero-order valence-corrected chi connectivity index (χ0v) is 19.3. The van der Waals surface area contributed by atoms with Crippen molar-refractivity contribution in [3.63, 3.8) is 0 Å². The summed E-state index contributed by atoms with van der Waals surface area (Å²) in [4.78, 5) is 21.3. The molecular formula is C24H18N4O4S2. The highest BCUT2D eigenvalue weighted by Crippen LogP contribution is 2.45. The minimum Gasteiger partial charge on any atom is -0.274 e. The monoisotopic (exact) mass is 490 g/mol. The van der Waals surface area contributed by atoms with Gasteiger partial charge in [0.1, 0.15) is 0 Å². The number of hydrogen-bond donors (Lipinski definition) is 0. The Bertz CT molecular complexity index is 1160. The highest BCUT2D eigenvalue weighted by Gasteiger charge is 2.18. The van der Waals surface area contributed by atoms with Gasteiger partial charge in [-0.2, -0.15) is 0 Å². The third kappa shape index (κ3) is 5.48. The van der Waals surface area contributed by atoms with Crippen molar-refractivity contribution in [2.75, 3.05) is 8.61 Å². The van der Waals surface area contributed by atoms with Crippen LogP contribution in [0, 0.1) is 20.2 Å². The number of benzene rings is 4. The first-order valence-corrected chi connectivity index (χ1v) is 12.1. The topological polar surface area (TPSA) is 92.8 Å². The maximum absolute atomic E-state index is 11.1. The van der Waals surface area contributed by atoms with Crippen molar-refractivity contribution in [3.8, 4) is 0 Å². The summed E-state index contributed by atoms with van der Waals surface area (Å²) in [5.74, 6) is 0. The van der Waals surface area contributed by atoms with Gasteiger partial charge in [-0.15, -0.1) is 0 Å². The predicted molar refractivity (Wildman–Crippen MR) is 139 cm³/mol. The average Bonchev–Trinajstić information content (AvgIpc) is 2.88. The Morgan fingerprint density at radius 2 is 0.765 bits per heavy atom.